The second-order valence-electron chi connectivity index (χ2n) is 3.40. The van der Waals surface area contributed by atoms with E-state index in [0.717, 1.165) is 6.04 Å². The first kappa shape index (κ1) is 10.8. The molecule has 0 aliphatic carbocycles. The van der Waals surface area contributed by atoms with E-state index in [2.05, 4.69) is 19.6 Å². The van der Waals surface area contributed by atoms with E-state index in [9.17, 15) is 0 Å². The number of hydrogen-bond acceptors (Lipinski definition) is 0. The summed E-state index contributed by atoms with van der Waals surface area (Å²) in [4.78, 5) is 0. The van der Waals surface area contributed by atoms with Crippen LogP contribution in [0.25, 0.3) is 0 Å². The summed E-state index contributed by atoms with van der Waals surface area (Å²) in [5.41, 5.74) is 0. The molecule has 0 atom stereocenters. The van der Waals surface area contributed by atoms with Crippen LogP contribution in [0.4, 0.5) is 0 Å². The van der Waals surface area contributed by atoms with Gasteiger partial charge in [-0.05, 0) is 6.04 Å². The Morgan fingerprint density at radius 3 is 1.60 bits per heavy atom. The van der Waals surface area contributed by atoms with Crippen LogP contribution in [0.2, 0.25) is 25.7 Å². The molecule has 0 aliphatic heterocycles. The molecular formula is C6H11Cl3Si. The van der Waals surface area contributed by atoms with Crippen LogP contribution in [-0.2, 0) is 0 Å². The Kier molecular flexibility index (Phi) is 4.34. The number of allylic oxidation sites excluding steroid dienone is 1. The van der Waals surface area contributed by atoms with Crippen molar-refractivity contribution in [2.75, 3.05) is 0 Å². The molecule has 0 N–H and O–H groups in total. The molecule has 0 aromatic rings. The van der Waals surface area contributed by atoms with Crippen LogP contribution in [-0.4, -0.2) is 8.07 Å². The summed E-state index contributed by atoms with van der Waals surface area (Å²) in [6, 6.07) is 0.858. The second-order valence-corrected chi connectivity index (χ2v) is 10.3. The van der Waals surface area contributed by atoms with Gasteiger partial charge in [-0.1, -0.05) is 54.4 Å². The van der Waals surface area contributed by atoms with Gasteiger partial charge in [0.15, 0.2) is 0 Å². The highest BCUT2D eigenvalue weighted by molar-refractivity contribution is 6.78. The Labute approximate surface area is 78.2 Å². The molecule has 60 valence electrons. The summed E-state index contributed by atoms with van der Waals surface area (Å²) >= 11 is 16.7. The molecule has 0 bridgehead atoms. The third-order valence-electron chi connectivity index (χ3n) is 0.891. The third-order valence-corrected chi connectivity index (χ3v) is 3.50. The molecule has 4 heteroatoms. The zero-order valence-electron chi connectivity index (χ0n) is 6.34. The van der Waals surface area contributed by atoms with Gasteiger partial charge in [0.25, 0.3) is 0 Å². The zero-order chi connectivity index (χ0) is 8.36. The predicted octanol–water partition coefficient (Wildman–Crippen LogP) is 4.21. The van der Waals surface area contributed by atoms with Gasteiger partial charge in [0.05, 0.1) is 0 Å². The fourth-order valence-electron chi connectivity index (χ4n) is 0.532. The SMILES string of the molecule is C[Si](C)(C)CC(Cl)=C(Cl)Cl. The largest absolute Gasteiger partial charge is 0.121 e. The van der Waals surface area contributed by atoms with Crippen LogP contribution in [0, 0.1) is 0 Å². The minimum absolute atomic E-state index is 0.212. The molecule has 0 nitrogen and oxygen atoms in total. The summed E-state index contributed by atoms with van der Waals surface area (Å²) < 4.78 is 0.212. The monoisotopic (exact) mass is 216 g/mol. The molecule has 0 rings (SSSR count). The van der Waals surface area contributed by atoms with E-state index in [0.29, 0.717) is 5.03 Å². The molecule has 0 spiro atoms. The lowest BCUT2D eigenvalue weighted by molar-refractivity contribution is 1.48. The van der Waals surface area contributed by atoms with Crippen molar-refractivity contribution in [2.24, 2.45) is 0 Å². The Balaban J connectivity index is 4.06. The Morgan fingerprint density at radius 2 is 1.50 bits per heavy atom. The van der Waals surface area contributed by atoms with E-state index in [1.165, 1.54) is 0 Å². The Hall–Kier alpha value is 0.827. The minimum Gasteiger partial charge on any atom is -0.0869 e. The fourth-order valence-corrected chi connectivity index (χ4v) is 3.20. The predicted molar refractivity (Wildman–Crippen MR) is 52.7 cm³/mol. The first-order valence-corrected chi connectivity index (χ1v) is 7.87. The van der Waals surface area contributed by atoms with Crippen molar-refractivity contribution in [1.29, 1.82) is 0 Å². The molecule has 0 fully saturated rings. The zero-order valence-corrected chi connectivity index (χ0v) is 9.61. The molecule has 0 radical (unpaired) electrons. The van der Waals surface area contributed by atoms with E-state index < -0.39 is 8.07 Å². The van der Waals surface area contributed by atoms with Crippen molar-refractivity contribution in [1.82, 2.24) is 0 Å². The van der Waals surface area contributed by atoms with Gasteiger partial charge in [0, 0.05) is 13.1 Å². The average molecular weight is 218 g/mol. The van der Waals surface area contributed by atoms with Crippen molar-refractivity contribution in [2.45, 2.75) is 25.7 Å². The highest BCUT2D eigenvalue weighted by atomic mass is 35.5. The molecule has 0 amide bonds. The lowest BCUT2D eigenvalue weighted by Crippen LogP contribution is -2.18. The van der Waals surface area contributed by atoms with E-state index >= 15 is 0 Å². The van der Waals surface area contributed by atoms with Gasteiger partial charge < -0.3 is 0 Å². The topological polar surface area (TPSA) is 0 Å². The van der Waals surface area contributed by atoms with Crippen molar-refractivity contribution >= 4 is 42.9 Å². The summed E-state index contributed by atoms with van der Waals surface area (Å²) in [5, 5.41) is 0.600. The van der Waals surface area contributed by atoms with Crippen LogP contribution >= 0.6 is 34.8 Å². The van der Waals surface area contributed by atoms with E-state index in [1.807, 2.05) is 0 Å². The van der Waals surface area contributed by atoms with Gasteiger partial charge in [-0.2, -0.15) is 0 Å². The summed E-state index contributed by atoms with van der Waals surface area (Å²) in [6.07, 6.45) is 0. The Bertz CT molecular complexity index is 142. The molecule has 0 aromatic heterocycles. The number of hydrogen-bond donors (Lipinski definition) is 0. The van der Waals surface area contributed by atoms with Crippen LogP contribution in [0.15, 0.2) is 9.52 Å². The molecule has 0 saturated carbocycles. The third kappa shape index (κ3) is 5.60. The Morgan fingerprint density at radius 1 is 1.10 bits per heavy atom. The van der Waals surface area contributed by atoms with Gasteiger partial charge in [-0.25, -0.2) is 0 Å². The molecule has 0 saturated heterocycles. The van der Waals surface area contributed by atoms with Gasteiger partial charge in [-0.3, -0.25) is 0 Å². The number of rotatable bonds is 2. The standard InChI is InChI=1S/C6H11Cl3Si/c1-10(2,3)4-5(7)6(8)9/h4H2,1-3H3. The average Bonchev–Trinajstić information content (AvgIpc) is 1.60. The van der Waals surface area contributed by atoms with E-state index in [4.69, 9.17) is 34.8 Å². The first-order chi connectivity index (χ1) is 4.33. The minimum atomic E-state index is -1.14. The molecule has 0 aliphatic rings. The normalized spacial score (nSPS) is 11.4. The number of halogens is 3. The molecular weight excluding hydrogens is 207 g/mol. The quantitative estimate of drug-likeness (QED) is 0.608. The van der Waals surface area contributed by atoms with Gasteiger partial charge in [-0.15, -0.1) is 0 Å². The van der Waals surface area contributed by atoms with Crippen LogP contribution in [0.1, 0.15) is 0 Å². The summed E-state index contributed by atoms with van der Waals surface area (Å²) in [7, 11) is -1.14. The maximum absolute atomic E-state index is 5.75. The first-order valence-electron chi connectivity index (χ1n) is 3.02. The lowest BCUT2D eigenvalue weighted by Gasteiger charge is -2.14. The maximum atomic E-state index is 5.75. The molecule has 0 unspecified atom stereocenters. The van der Waals surface area contributed by atoms with Gasteiger partial charge in [0.2, 0.25) is 0 Å². The van der Waals surface area contributed by atoms with Gasteiger partial charge in [0.1, 0.15) is 4.49 Å². The van der Waals surface area contributed by atoms with Crippen LogP contribution < -0.4 is 0 Å². The highest BCUT2D eigenvalue weighted by Gasteiger charge is 2.15. The highest BCUT2D eigenvalue weighted by Crippen LogP contribution is 2.26. The van der Waals surface area contributed by atoms with Crippen molar-refractivity contribution in [3.63, 3.8) is 0 Å². The lowest BCUT2D eigenvalue weighted by atomic mass is 10.7. The summed E-state index contributed by atoms with van der Waals surface area (Å²) in [6.45, 7) is 6.64. The van der Waals surface area contributed by atoms with E-state index in [-0.39, 0.29) is 4.49 Å². The van der Waals surface area contributed by atoms with Crippen molar-refractivity contribution in [3.8, 4) is 0 Å². The van der Waals surface area contributed by atoms with Crippen LogP contribution in [0.5, 0.6) is 0 Å². The van der Waals surface area contributed by atoms with Gasteiger partial charge >= 0.3 is 0 Å². The smallest absolute Gasteiger partial charge is 0.0869 e. The van der Waals surface area contributed by atoms with Crippen molar-refractivity contribution in [3.05, 3.63) is 9.52 Å². The maximum Gasteiger partial charge on any atom is 0.121 e. The molecule has 10 heavy (non-hydrogen) atoms. The fraction of sp³-hybridized carbons (Fsp3) is 0.667. The van der Waals surface area contributed by atoms with Crippen LogP contribution in [0.3, 0.4) is 0 Å². The molecule has 0 aromatic carbocycles. The van der Waals surface area contributed by atoms with E-state index in [1.54, 1.807) is 0 Å². The second kappa shape index (κ2) is 4.00. The van der Waals surface area contributed by atoms with Crippen molar-refractivity contribution < 1.29 is 0 Å². The summed E-state index contributed by atoms with van der Waals surface area (Å²) in [5.74, 6) is 0. The molecule has 0 heterocycles.